The predicted octanol–water partition coefficient (Wildman–Crippen LogP) is 5.96. The summed E-state index contributed by atoms with van der Waals surface area (Å²) in [4.78, 5) is 42.9. The van der Waals surface area contributed by atoms with Crippen molar-refractivity contribution in [3.05, 3.63) is 71.3 Å². The molecule has 10 heteroatoms. The standard InChI is InChI=1S/C38H50N2O7Si/c1-24(2)10-9-11-25(3)18-20-39-32-17-12-28(40-34(43)23-35(40)46-27(5)42)22-31(32)38(37(39)44)26(4)36(33(47-38)19-21-41)48(7,8)30-15-13-29(45-6)14-16-30/h10,12-18,22,26,33,35-36,41H,9,11,19-21,23H2,1-8H3/b25-18+/t26-,33+,35?,36-,38+/m1/s1. The molecule has 5 rings (SSSR count). The Morgan fingerprint density at radius 3 is 2.40 bits per heavy atom. The second-order valence-corrected chi connectivity index (χ2v) is 18.9. The van der Waals surface area contributed by atoms with Gasteiger partial charge in [-0.25, -0.2) is 0 Å². The number of methoxy groups -OCH3 is 1. The molecular weight excluding hydrogens is 625 g/mol. The number of rotatable bonds is 12. The van der Waals surface area contributed by atoms with E-state index in [1.54, 1.807) is 7.11 Å². The number of hydrogen-bond donors (Lipinski definition) is 1. The third-order valence-electron chi connectivity index (χ3n) is 10.4. The number of carbonyl (C=O) groups is 3. The van der Waals surface area contributed by atoms with Gasteiger partial charge in [0, 0.05) is 37.2 Å². The van der Waals surface area contributed by atoms with Gasteiger partial charge in [0.2, 0.25) is 5.91 Å². The molecule has 2 aromatic carbocycles. The van der Waals surface area contributed by atoms with Crippen molar-refractivity contribution in [2.24, 2.45) is 5.92 Å². The van der Waals surface area contributed by atoms with E-state index in [0.29, 0.717) is 24.2 Å². The summed E-state index contributed by atoms with van der Waals surface area (Å²) >= 11 is 0. The number of aliphatic hydroxyl groups excluding tert-OH is 1. The van der Waals surface area contributed by atoms with Crippen LogP contribution in [0.1, 0.15) is 65.9 Å². The van der Waals surface area contributed by atoms with E-state index < -0.39 is 25.9 Å². The summed E-state index contributed by atoms with van der Waals surface area (Å²) in [5, 5.41) is 11.5. The molecule has 2 amide bonds. The number of esters is 1. The van der Waals surface area contributed by atoms with E-state index in [0.717, 1.165) is 24.3 Å². The van der Waals surface area contributed by atoms with Crippen LogP contribution in [0.25, 0.3) is 0 Å². The van der Waals surface area contributed by atoms with Gasteiger partial charge >= 0.3 is 5.97 Å². The molecule has 5 atom stereocenters. The number of hydrogen-bond acceptors (Lipinski definition) is 7. The van der Waals surface area contributed by atoms with E-state index in [9.17, 15) is 19.5 Å². The number of amides is 2. The Morgan fingerprint density at radius 1 is 1.08 bits per heavy atom. The van der Waals surface area contributed by atoms with Crippen LogP contribution in [0, 0.1) is 5.92 Å². The number of anilines is 2. The lowest BCUT2D eigenvalue weighted by Crippen LogP contribution is -2.55. The first-order valence-electron chi connectivity index (χ1n) is 16.9. The van der Waals surface area contributed by atoms with Gasteiger partial charge in [-0.15, -0.1) is 0 Å². The summed E-state index contributed by atoms with van der Waals surface area (Å²) in [7, 11) is -0.696. The lowest BCUT2D eigenvalue weighted by molar-refractivity contribution is -0.153. The molecule has 2 fully saturated rings. The summed E-state index contributed by atoms with van der Waals surface area (Å²) in [6.45, 7) is 14.6. The van der Waals surface area contributed by atoms with Gasteiger partial charge in [0.05, 0.1) is 33.4 Å². The maximum Gasteiger partial charge on any atom is 0.304 e. The number of ether oxygens (including phenoxy) is 3. The summed E-state index contributed by atoms with van der Waals surface area (Å²) in [5.41, 5.74) is 3.15. The normalized spacial score (nSPS) is 25.3. The minimum atomic E-state index is -2.35. The molecule has 0 bridgehead atoms. The third kappa shape index (κ3) is 6.37. The third-order valence-corrected chi connectivity index (χ3v) is 14.8. The molecule has 3 aliphatic heterocycles. The van der Waals surface area contributed by atoms with Gasteiger partial charge in [-0.1, -0.05) is 60.6 Å². The number of benzene rings is 2. The Labute approximate surface area is 285 Å². The lowest BCUT2D eigenvalue weighted by Gasteiger charge is -2.39. The Bertz CT molecular complexity index is 1610. The largest absolute Gasteiger partial charge is 0.497 e. The van der Waals surface area contributed by atoms with Gasteiger partial charge in [0.15, 0.2) is 11.8 Å². The Balaban J connectivity index is 1.59. The molecule has 3 heterocycles. The van der Waals surface area contributed by atoms with Crippen LogP contribution in [0.5, 0.6) is 5.75 Å². The highest BCUT2D eigenvalue weighted by Crippen LogP contribution is 2.60. The van der Waals surface area contributed by atoms with Gasteiger partial charge in [-0.05, 0) is 75.9 Å². The minimum Gasteiger partial charge on any atom is -0.497 e. The quantitative estimate of drug-likeness (QED) is 0.128. The zero-order valence-corrected chi connectivity index (χ0v) is 30.5. The molecule has 2 saturated heterocycles. The summed E-state index contributed by atoms with van der Waals surface area (Å²) in [6.07, 6.45) is 5.61. The SMILES string of the molecule is COc1ccc([Si](C)(C)[C@H]2[C@H](CCO)O[C@@]3(C(=O)N(C/C=C(\C)CCC=C(C)C)c4ccc(N5C(=O)CC5OC(C)=O)cc43)[C@@H]2C)cc1. The van der Waals surface area contributed by atoms with Crippen molar-refractivity contribution in [3.8, 4) is 5.75 Å². The van der Waals surface area contributed by atoms with Crippen LogP contribution >= 0.6 is 0 Å². The molecule has 48 heavy (non-hydrogen) atoms. The van der Waals surface area contributed by atoms with Crippen molar-refractivity contribution < 1.29 is 33.7 Å². The van der Waals surface area contributed by atoms with Crippen molar-refractivity contribution in [1.29, 1.82) is 0 Å². The van der Waals surface area contributed by atoms with Crippen LogP contribution < -0.4 is 19.7 Å². The molecule has 0 aromatic heterocycles. The van der Waals surface area contributed by atoms with Gasteiger partial charge in [0.25, 0.3) is 5.91 Å². The van der Waals surface area contributed by atoms with Gasteiger partial charge < -0.3 is 24.2 Å². The highest BCUT2D eigenvalue weighted by Gasteiger charge is 2.66. The highest BCUT2D eigenvalue weighted by molar-refractivity contribution is 6.91. The molecule has 1 spiro atoms. The zero-order valence-electron chi connectivity index (χ0n) is 29.5. The van der Waals surface area contributed by atoms with Gasteiger partial charge in [-0.2, -0.15) is 0 Å². The summed E-state index contributed by atoms with van der Waals surface area (Å²) in [5.74, 6) is -0.218. The molecule has 0 saturated carbocycles. The molecule has 1 unspecified atom stereocenters. The van der Waals surface area contributed by atoms with E-state index in [1.807, 2.05) is 35.2 Å². The molecule has 0 radical (unpaired) electrons. The van der Waals surface area contributed by atoms with E-state index in [-0.39, 0.29) is 42.4 Å². The average Bonchev–Trinajstić information content (AvgIpc) is 3.45. The molecule has 0 aliphatic carbocycles. The average molecular weight is 675 g/mol. The molecule has 1 N–H and O–H groups in total. The first kappa shape index (κ1) is 35.6. The van der Waals surface area contributed by atoms with Crippen LogP contribution in [-0.4, -0.2) is 63.6 Å². The fraction of sp³-hybridized carbons (Fsp3) is 0.500. The van der Waals surface area contributed by atoms with Crippen molar-refractivity contribution in [1.82, 2.24) is 0 Å². The van der Waals surface area contributed by atoms with Crippen LogP contribution in [0.15, 0.2) is 65.8 Å². The van der Waals surface area contributed by atoms with Gasteiger partial charge in [0.1, 0.15) is 5.75 Å². The fourth-order valence-corrected chi connectivity index (χ4v) is 12.0. The first-order valence-corrected chi connectivity index (χ1v) is 20.0. The van der Waals surface area contributed by atoms with Crippen LogP contribution in [0.2, 0.25) is 18.6 Å². The first-order chi connectivity index (χ1) is 22.8. The van der Waals surface area contributed by atoms with Gasteiger partial charge in [-0.3, -0.25) is 19.3 Å². The molecule has 258 valence electrons. The van der Waals surface area contributed by atoms with E-state index in [2.05, 4.69) is 65.1 Å². The van der Waals surface area contributed by atoms with E-state index in [4.69, 9.17) is 14.2 Å². The Hall–Kier alpha value is -3.73. The van der Waals surface area contributed by atoms with E-state index in [1.165, 1.54) is 28.2 Å². The molecule has 9 nitrogen and oxygen atoms in total. The highest BCUT2D eigenvalue weighted by atomic mass is 28.3. The number of carbonyl (C=O) groups excluding carboxylic acids is 3. The lowest BCUT2D eigenvalue weighted by atomic mass is 9.82. The summed E-state index contributed by atoms with van der Waals surface area (Å²) in [6, 6.07) is 13.7. The van der Waals surface area contributed by atoms with Crippen LogP contribution in [-0.2, 0) is 29.5 Å². The number of β-lactam (4-membered cyclic amide) rings is 1. The Kier molecular flexibility index (Phi) is 10.4. The minimum absolute atomic E-state index is 0.0146. The summed E-state index contributed by atoms with van der Waals surface area (Å²) < 4.78 is 17.9. The topological polar surface area (TPSA) is 106 Å². The van der Waals surface area contributed by atoms with Crippen LogP contribution in [0.4, 0.5) is 11.4 Å². The predicted molar refractivity (Wildman–Crippen MR) is 190 cm³/mol. The molecular formula is C38H50N2O7Si. The number of nitrogens with zero attached hydrogens (tertiary/aromatic N) is 2. The fourth-order valence-electron chi connectivity index (χ4n) is 7.95. The maximum absolute atomic E-state index is 14.9. The zero-order chi connectivity index (χ0) is 35.0. The second kappa shape index (κ2) is 14.0. The van der Waals surface area contributed by atoms with Crippen LogP contribution in [0.3, 0.4) is 0 Å². The van der Waals surface area contributed by atoms with Crippen molar-refractivity contribution in [3.63, 3.8) is 0 Å². The van der Waals surface area contributed by atoms with Crippen molar-refractivity contribution in [2.75, 3.05) is 30.1 Å². The smallest absolute Gasteiger partial charge is 0.304 e. The Morgan fingerprint density at radius 2 is 1.79 bits per heavy atom. The number of fused-ring (bicyclic) bond motifs is 2. The maximum atomic E-state index is 14.9. The second-order valence-electron chi connectivity index (χ2n) is 14.2. The molecule has 3 aliphatic rings. The molecule has 2 aromatic rings. The number of aliphatic hydroxyl groups is 1. The van der Waals surface area contributed by atoms with Crippen molar-refractivity contribution in [2.45, 2.75) is 96.9 Å². The monoisotopic (exact) mass is 674 g/mol. The number of allylic oxidation sites excluding steroid dienone is 3. The van der Waals surface area contributed by atoms with Crippen molar-refractivity contribution >= 4 is 42.4 Å². The van der Waals surface area contributed by atoms with E-state index >= 15 is 0 Å².